The van der Waals surface area contributed by atoms with Gasteiger partial charge in [0.25, 0.3) is 0 Å². The number of piperidine rings is 1. The molecule has 0 radical (unpaired) electrons. The van der Waals surface area contributed by atoms with Gasteiger partial charge in [0.2, 0.25) is 5.91 Å². The summed E-state index contributed by atoms with van der Waals surface area (Å²) < 4.78 is 2.04. The lowest BCUT2D eigenvalue weighted by atomic mass is 9.94. The Bertz CT molecular complexity index is 681. The van der Waals surface area contributed by atoms with Crippen molar-refractivity contribution in [2.45, 2.75) is 32.1 Å². The van der Waals surface area contributed by atoms with E-state index in [-0.39, 0.29) is 5.91 Å². The zero-order valence-corrected chi connectivity index (χ0v) is 13.5. The molecule has 1 atom stereocenters. The van der Waals surface area contributed by atoms with Crippen molar-refractivity contribution in [3.05, 3.63) is 42.1 Å². The molecule has 0 spiro atoms. The van der Waals surface area contributed by atoms with E-state index in [1.165, 1.54) is 0 Å². The highest BCUT2D eigenvalue weighted by molar-refractivity contribution is 5.75. The third-order valence-electron chi connectivity index (χ3n) is 4.34. The number of hydrogen-bond acceptors (Lipinski definition) is 4. The zero-order chi connectivity index (χ0) is 16.2. The van der Waals surface area contributed by atoms with E-state index in [9.17, 15) is 4.79 Å². The maximum Gasteiger partial charge on any atom is 0.231 e. The largest absolute Gasteiger partial charge is 0.369 e. The normalized spacial score (nSPS) is 18.9. The second-order valence-corrected chi connectivity index (χ2v) is 6.03. The fourth-order valence-corrected chi connectivity index (χ4v) is 3.27. The molecule has 1 unspecified atom stereocenters. The first-order valence-electron chi connectivity index (χ1n) is 8.17. The van der Waals surface area contributed by atoms with Gasteiger partial charge in [-0.3, -0.25) is 14.3 Å². The SMILES string of the molecule is CCc1nccn1-c1cccc(C2CCCN(CC(N)=O)C2)n1. The number of likely N-dealkylation sites (tertiary alicyclic amines) is 1. The van der Waals surface area contributed by atoms with Crippen molar-refractivity contribution in [3.63, 3.8) is 0 Å². The van der Waals surface area contributed by atoms with Crippen LogP contribution in [0.25, 0.3) is 5.82 Å². The molecule has 2 aromatic rings. The number of amides is 1. The standard InChI is InChI=1S/C17H23N5O/c1-2-16-19-8-10-22(16)17-7-3-6-14(20-17)13-5-4-9-21(11-13)12-15(18)23/h3,6-8,10,13H,2,4-5,9,11-12H2,1H3,(H2,18,23). The van der Waals surface area contributed by atoms with Crippen molar-refractivity contribution in [3.8, 4) is 5.82 Å². The van der Waals surface area contributed by atoms with E-state index in [1.54, 1.807) is 0 Å². The summed E-state index contributed by atoms with van der Waals surface area (Å²) in [4.78, 5) is 22.5. The van der Waals surface area contributed by atoms with Gasteiger partial charge >= 0.3 is 0 Å². The third-order valence-corrected chi connectivity index (χ3v) is 4.34. The van der Waals surface area contributed by atoms with Gasteiger partial charge < -0.3 is 5.73 Å². The number of rotatable bonds is 5. The minimum absolute atomic E-state index is 0.265. The maximum atomic E-state index is 11.1. The Balaban J connectivity index is 1.81. The smallest absolute Gasteiger partial charge is 0.231 e. The second kappa shape index (κ2) is 6.91. The first-order valence-corrected chi connectivity index (χ1v) is 8.17. The monoisotopic (exact) mass is 313 g/mol. The van der Waals surface area contributed by atoms with Crippen LogP contribution in [0.4, 0.5) is 0 Å². The van der Waals surface area contributed by atoms with E-state index in [1.807, 2.05) is 29.1 Å². The number of imidazole rings is 1. The quantitative estimate of drug-likeness (QED) is 0.907. The number of primary amides is 1. The summed E-state index contributed by atoms with van der Waals surface area (Å²) in [5.41, 5.74) is 6.40. The Kier molecular flexibility index (Phi) is 4.71. The van der Waals surface area contributed by atoms with Crippen LogP contribution in [0.5, 0.6) is 0 Å². The molecule has 0 aromatic carbocycles. The zero-order valence-electron chi connectivity index (χ0n) is 13.5. The number of aryl methyl sites for hydroxylation is 1. The molecule has 0 bridgehead atoms. The van der Waals surface area contributed by atoms with Crippen molar-refractivity contribution >= 4 is 5.91 Å². The van der Waals surface area contributed by atoms with Crippen LogP contribution in [-0.2, 0) is 11.2 Å². The van der Waals surface area contributed by atoms with Crippen LogP contribution in [-0.4, -0.2) is 45.0 Å². The molecule has 1 aliphatic rings. The molecular formula is C17H23N5O. The molecule has 0 aliphatic carbocycles. The van der Waals surface area contributed by atoms with Gasteiger partial charge in [-0.1, -0.05) is 13.0 Å². The van der Waals surface area contributed by atoms with E-state index >= 15 is 0 Å². The Morgan fingerprint density at radius 2 is 2.30 bits per heavy atom. The molecule has 2 N–H and O–H groups in total. The topological polar surface area (TPSA) is 77.0 Å². The van der Waals surface area contributed by atoms with Crippen molar-refractivity contribution in [2.24, 2.45) is 5.73 Å². The number of aromatic nitrogens is 3. The number of carbonyl (C=O) groups excluding carboxylic acids is 1. The number of hydrogen-bond donors (Lipinski definition) is 1. The predicted octanol–water partition coefficient (Wildman–Crippen LogP) is 1.49. The van der Waals surface area contributed by atoms with Crippen LogP contribution in [0.2, 0.25) is 0 Å². The van der Waals surface area contributed by atoms with Crippen LogP contribution in [0.15, 0.2) is 30.6 Å². The van der Waals surface area contributed by atoms with Gasteiger partial charge in [-0.05, 0) is 31.5 Å². The van der Waals surface area contributed by atoms with E-state index in [0.717, 1.165) is 49.7 Å². The molecule has 3 heterocycles. The van der Waals surface area contributed by atoms with Gasteiger partial charge in [0.05, 0.1) is 6.54 Å². The summed E-state index contributed by atoms with van der Waals surface area (Å²) in [6.07, 6.45) is 6.79. The first-order chi connectivity index (χ1) is 11.2. The molecule has 2 aromatic heterocycles. The number of carbonyl (C=O) groups is 1. The molecule has 1 aliphatic heterocycles. The third kappa shape index (κ3) is 3.59. The fraction of sp³-hybridized carbons (Fsp3) is 0.471. The van der Waals surface area contributed by atoms with Gasteiger partial charge in [0.15, 0.2) is 0 Å². The summed E-state index contributed by atoms with van der Waals surface area (Å²) in [6, 6.07) is 6.13. The Morgan fingerprint density at radius 1 is 1.43 bits per heavy atom. The molecule has 122 valence electrons. The fourth-order valence-electron chi connectivity index (χ4n) is 3.27. The van der Waals surface area contributed by atoms with Gasteiger partial charge in [-0.15, -0.1) is 0 Å². The van der Waals surface area contributed by atoms with E-state index in [2.05, 4.69) is 22.9 Å². The van der Waals surface area contributed by atoms with Crippen molar-refractivity contribution in [1.29, 1.82) is 0 Å². The Labute approximate surface area is 136 Å². The highest BCUT2D eigenvalue weighted by atomic mass is 16.1. The highest BCUT2D eigenvalue weighted by Crippen LogP contribution is 2.26. The molecule has 6 heteroatoms. The number of nitrogens with zero attached hydrogens (tertiary/aromatic N) is 4. The molecule has 6 nitrogen and oxygen atoms in total. The summed E-state index contributed by atoms with van der Waals surface area (Å²) in [6.45, 7) is 4.19. The van der Waals surface area contributed by atoms with E-state index in [4.69, 9.17) is 10.7 Å². The van der Waals surface area contributed by atoms with Crippen molar-refractivity contribution < 1.29 is 4.79 Å². The lowest BCUT2D eigenvalue weighted by Gasteiger charge is -2.31. The first kappa shape index (κ1) is 15.7. The average molecular weight is 313 g/mol. The molecule has 1 fully saturated rings. The van der Waals surface area contributed by atoms with Gasteiger partial charge in [-0.25, -0.2) is 9.97 Å². The average Bonchev–Trinajstić information content (AvgIpc) is 3.03. The molecule has 3 rings (SSSR count). The van der Waals surface area contributed by atoms with Gasteiger partial charge in [-0.2, -0.15) is 0 Å². The van der Waals surface area contributed by atoms with Crippen LogP contribution >= 0.6 is 0 Å². The number of nitrogens with two attached hydrogens (primary N) is 1. The minimum atomic E-state index is -0.265. The summed E-state index contributed by atoms with van der Waals surface area (Å²) in [5.74, 6) is 1.99. The van der Waals surface area contributed by atoms with Crippen LogP contribution in [0, 0.1) is 0 Å². The minimum Gasteiger partial charge on any atom is -0.369 e. The van der Waals surface area contributed by atoms with E-state index in [0.29, 0.717) is 12.5 Å². The molecule has 1 amide bonds. The van der Waals surface area contributed by atoms with Gasteiger partial charge in [0.1, 0.15) is 11.6 Å². The van der Waals surface area contributed by atoms with Crippen LogP contribution in [0.1, 0.15) is 37.2 Å². The highest BCUT2D eigenvalue weighted by Gasteiger charge is 2.23. The maximum absolute atomic E-state index is 11.1. The molecular weight excluding hydrogens is 290 g/mol. The Morgan fingerprint density at radius 3 is 3.09 bits per heavy atom. The lowest BCUT2D eigenvalue weighted by molar-refractivity contribution is -0.119. The van der Waals surface area contributed by atoms with E-state index < -0.39 is 0 Å². The van der Waals surface area contributed by atoms with Gasteiger partial charge in [0, 0.05) is 37.0 Å². The van der Waals surface area contributed by atoms with Crippen LogP contribution < -0.4 is 5.73 Å². The predicted molar refractivity (Wildman–Crippen MR) is 88.3 cm³/mol. The Hall–Kier alpha value is -2.21. The summed E-state index contributed by atoms with van der Waals surface area (Å²) in [7, 11) is 0. The molecule has 1 saturated heterocycles. The molecule has 23 heavy (non-hydrogen) atoms. The van der Waals surface area contributed by atoms with Crippen molar-refractivity contribution in [1.82, 2.24) is 19.4 Å². The number of pyridine rings is 1. The van der Waals surface area contributed by atoms with Crippen molar-refractivity contribution in [2.75, 3.05) is 19.6 Å². The lowest BCUT2D eigenvalue weighted by Crippen LogP contribution is -2.40. The summed E-state index contributed by atoms with van der Waals surface area (Å²) in [5, 5.41) is 0. The second-order valence-electron chi connectivity index (χ2n) is 6.03. The molecule has 0 saturated carbocycles. The summed E-state index contributed by atoms with van der Waals surface area (Å²) >= 11 is 0. The van der Waals surface area contributed by atoms with Crippen LogP contribution in [0.3, 0.4) is 0 Å².